The number of fused-ring (bicyclic) bond motifs is 3. The van der Waals surface area contributed by atoms with E-state index in [2.05, 4.69) is 28.2 Å². The van der Waals surface area contributed by atoms with E-state index in [1.165, 1.54) is 11.1 Å². The summed E-state index contributed by atoms with van der Waals surface area (Å²) in [6, 6.07) is 2.21. The summed E-state index contributed by atoms with van der Waals surface area (Å²) in [6.45, 7) is 5.99. The number of nitrogens with one attached hydrogen (secondary N) is 1. The highest BCUT2D eigenvalue weighted by Crippen LogP contribution is 2.44. The zero-order valence-corrected chi connectivity index (χ0v) is 14.0. The normalized spacial score (nSPS) is 21.3. The number of rotatable bonds is 3. The number of ether oxygens (including phenoxy) is 3. The smallest absolute Gasteiger partial charge is 0.166 e. The molecule has 2 heterocycles. The van der Waals surface area contributed by atoms with Crippen LogP contribution in [0.1, 0.15) is 36.9 Å². The lowest BCUT2D eigenvalue weighted by Crippen LogP contribution is -2.26. The van der Waals surface area contributed by atoms with E-state index >= 15 is 0 Å². The Morgan fingerprint density at radius 3 is 3.00 bits per heavy atom. The minimum atomic E-state index is 0.162. The molecule has 0 fully saturated rings. The molecule has 1 aromatic carbocycles. The first-order valence-electron chi connectivity index (χ1n) is 7.73. The van der Waals surface area contributed by atoms with Crippen molar-refractivity contribution < 1.29 is 14.2 Å². The van der Waals surface area contributed by atoms with E-state index in [-0.39, 0.29) is 6.04 Å². The predicted octanol–water partition coefficient (Wildman–Crippen LogP) is 3.22. The molecule has 0 aliphatic carbocycles. The summed E-state index contributed by atoms with van der Waals surface area (Å²) < 4.78 is 18.8. The van der Waals surface area contributed by atoms with Gasteiger partial charge in [-0.15, -0.1) is 0 Å². The van der Waals surface area contributed by atoms with Gasteiger partial charge in [0.1, 0.15) is 0 Å². The standard InChI is InChI=1S/C16H22BrNO3/c1-2-5-18-13-10-19-8-4-11-12(17)9-14-16(15(11)13)21-7-3-6-20-14/h9,13,18H,2-8,10H2,1H3. The number of hydrogen-bond donors (Lipinski definition) is 1. The Morgan fingerprint density at radius 1 is 1.29 bits per heavy atom. The highest BCUT2D eigenvalue weighted by Gasteiger charge is 2.28. The second-order valence-corrected chi connectivity index (χ2v) is 6.31. The van der Waals surface area contributed by atoms with Crippen molar-refractivity contribution in [3.05, 3.63) is 21.7 Å². The van der Waals surface area contributed by atoms with Gasteiger partial charge in [0.2, 0.25) is 0 Å². The van der Waals surface area contributed by atoms with Gasteiger partial charge in [-0.3, -0.25) is 0 Å². The lowest BCUT2D eigenvalue weighted by Gasteiger charge is -2.23. The van der Waals surface area contributed by atoms with Crippen molar-refractivity contribution >= 4 is 15.9 Å². The van der Waals surface area contributed by atoms with Gasteiger partial charge < -0.3 is 19.5 Å². The van der Waals surface area contributed by atoms with Crippen molar-refractivity contribution in [2.24, 2.45) is 0 Å². The van der Waals surface area contributed by atoms with Crippen LogP contribution >= 0.6 is 15.9 Å². The Morgan fingerprint density at radius 2 is 2.14 bits per heavy atom. The van der Waals surface area contributed by atoms with Crippen molar-refractivity contribution in [2.45, 2.75) is 32.2 Å². The predicted molar refractivity (Wildman–Crippen MR) is 85.3 cm³/mol. The second-order valence-electron chi connectivity index (χ2n) is 5.46. The van der Waals surface area contributed by atoms with Crippen molar-refractivity contribution in [3.8, 4) is 11.5 Å². The molecule has 4 nitrogen and oxygen atoms in total. The van der Waals surface area contributed by atoms with Crippen LogP contribution in [0.25, 0.3) is 0 Å². The quantitative estimate of drug-likeness (QED) is 0.903. The summed E-state index contributed by atoms with van der Waals surface area (Å²) >= 11 is 3.70. The Kier molecular flexibility index (Phi) is 5.03. The molecule has 0 aromatic heterocycles. The monoisotopic (exact) mass is 355 g/mol. The molecule has 1 unspecified atom stereocenters. The first-order valence-corrected chi connectivity index (χ1v) is 8.52. The summed E-state index contributed by atoms with van der Waals surface area (Å²) in [5, 5.41) is 3.58. The molecule has 21 heavy (non-hydrogen) atoms. The van der Waals surface area contributed by atoms with Gasteiger partial charge in [0.15, 0.2) is 11.5 Å². The molecular weight excluding hydrogens is 334 g/mol. The van der Waals surface area contributed by atoms with Crippen LogP contribution in [0.4, 0.5) is 0 Å². The van der Waals surface area contributed by atoms with Crippen LogP contribution in [0.3, 0.4) is 0 Å². The summed E-state index contributed by atoms with van der Waals surface area (Å²) in [7, 11) is 0. The fourth-order valence-electron chi connectivity index (χ4n) is 2.90. The molecule has 0 bridgehead atoms. The summed E-state index contributed by atoms with van der Waals surface area (Å²) in [5.74, 6) is 1.76. The van der Waals surface area contributed by atoms with E-state index in [4.69, 9.17) is 14.2 Å². The van der Waals surface area contributed by atoms with Gasteiger partial charge in [-0.2, -0.15) is 0 Å². The van der Waals surface area contributed by atoms with Crippen LogP contribution in [-0.4, -0.2) is 33.0 Å². The molecule has 1 N–H and O–H groups in total. The van der Waals surface area contributed by atoms with E-state index in [9.17, 15) is 0 Å². The number of benzene rings is 1. The van der Waals surface area contributed by atoms with Crippen LogP contribution in [0.5, 0.6) is 11.5 Å². The topological polar surface area (TPSA) is 39.7 Å². The Bertz CT molecular complexity index is 507. The Labute approximate surface area is 134 Å². The molecular formula is C16H22BrNO3. The molecule has 5 heteroatoms. The zero-order chi connectivity index (χ0) is 14.7. The summed E-state index contributed by atoms with van der Waals surface area (Å²) in [6.07, 6.45) is 2.92. The Balaban J connectivity index is 2.06. The van der Waals surface area contributed by atoms with Gasteiger partial charge in [-0.1, -0.05) is 22.9 Å². The van der Waals surface area contributed by atoms with E-state index in [0.717, 1.165) is 48.4 Å². The third kappa shape index (κ3) is 3.20. The number of halogens is 1. The number of hydrogen-bond acceptors (Lipinski definition) is 4. The SMILES string of the molecule is CCCNC1COCCc2c(Br)cc3c(c21)OCCCO3. The van der Waals surface area contributed by atoms with Crippen molar-refractivity contribution in [1.29, 1.82) is 0 Å². The van der Waals surface area contributed by atoms with Crippen LogP contribution in [0, 0.1) is 0 Å². The van der Waals surface area contributed by atoms with Crippen LogP contribution in [-0.2, 0) is 11.2 Å². The van der Waals surface area contributed by atoms with Crippen molar-refractivity contribution in [2.75, 3.05) is 33.0 Å². The van der Waals surface area contributed by atoms with Crippen LogP contribution in [0.2, 0.25) is 0 Å². The van der Waals surface area contributed by atoms with Gasteiger partial charge in [0.05, 0.1) is 32.5 Å². The zero-order valence-electron chi connectivity index (χ0n) is 12.4. The lowest BCUT2D eigenvalue weighted by atomic mass is 9.97. The van der Waals surface area contributed by atoms with E-state index in [1.54, 1.807) is 0 Å². The second kappa shape index (κ2) is 6.99. The third-order valence-electron chi connectivity index (χ3n) is 3.90. The maximum atomic E-state index is 6.03. The van der Waals surface area contributed by atoms with Gasteiger partial charge in [0, 0.05) is 16.5 Å². The fraction of sp³-hybridized carbons (Fsp3) is 0.625. The highest BCUT2D eigenvalue weighted by molar-refractivity contribution is 9.10. The van der Waals surface area contributed by atoms with E-state index in [1.807, 2.05) is 6.07 Å². The first-order chi connectivity index (χ1) is 10.3. The van der Waals surface area contributed by atoms with Crippen LogP contribution in [0.15, 0.2) is 10.5 Å². The van der Waals surface area contributed by atoms with Crippen LogP contribution < -0.4 is 14.8 Å². The highest BCUT2D eigenvalue weighted by atomic mass is 79.9. The molecule has 0 spiro atoms. The molecule has 0 amide bonds. The average molecular weight is 356 g/mol. The molecule has 0 radical (unpaired) electrons. The Hall–Kier alpha value is -0.780. The average Bonchev–Trinajstić information content (AvgIpc) is 2.83. The summed E-state index contributed by atoms with van der Waals surface area (Å²) in [4.78, 5) is 0. The maximum absolute atomic E-state index is 6.03. The summed E-state index contributed by atoms with van der Waals surface area (Å²) in [5.41, 5.74) is 2.50. The van der Waals surface area contributed by atoms with E-state index in [0.29, 0.717) is 19.8 Å². The molecule has 3 rings (SSSR count). The largest absolute Gasteiger partial charge is 0.490 e. The minimum absolute atomic E-state index is 0.162. The molecule has 1 atom stereocenters. The van der Waals surface area contributed by atoms with E-state index < -0.39 is 0 Å². The third-order valence-corrected chi connectivity index (χ3v) is 4.61. The fourth-order valence-corrected chi connectivity index (χ4v) is 3.52. The molecule has 2 aliphatic heterocycles. The van der Waals surface area contributed by atoms with Gasteiger partial charge in [0.25, 0.3) is 0 Å². The lowest BCUT2D eigenvalue weighted by molar-refractivity contribution is 0.121. The maximum Gasteiger partial charge on any atom is 0.166 e. The minimum Gasteiger partial charge on any atom is -0.490 e. The van der Waals surface area contributed by atoms with Gasteiger partial charge >= 0.3 is 0 Å². The van der Waals surface area contributed by atoms with Gasteiger partial charge in [-0.25, -0.2) is 0 Å². The molecule has 2 aliphatic rings. The van der Waals surface area contributed by atoms with Crippen molar-refractivity contribution in [3.63, 3.8) is 0 Å². The van der Waals surface area contributed by atoms with Gasteiger partial charge in [-0.05, 0) is 31.0 Å². The molecule has 0 saturated carbocycles. The molecule has 116 valence electrons. The molecule has 0 saturated heterocycles. The molecule has 1 aromatic rings. The van der Waals surface area contributed by atoms with Crippen molar-refractivity contribution in [1.82, 2.24) is 5.32 Å². The first kappa shape index (κ1) is 15.1.